The number of hydrogen-bond donors (Lipinski definition) is 2. The molecule has 0 radical (unpaired) electrons. The first-order valence-corrected chi connectivity index (χ1v) is 9.35. The van der Waals surface area contributed by atoms with Crippen LogP contribution in [0.5, 0.6) is 5.75 Å². The van der Waals surface area contributed by atoms with Crippen LogP contribution < -0.4 is 5.63 Å². The maximum atomic E-state index is 12.8. The number of phenols is 1. The van der Waals surface area contributed by atoms with Gasteiger partial charge in [0.15, 0.2) is 0 Å². The lowest BCUT2D eigenvalue weighted by atomic mass is 9.93. The van der Waals surface area contributed by atoms with Crippen LogP contribution in [-0.2, 0) is 11.2 Å². The Labute approximate surface area is 172 Å². The van der Waals surface area contributed by atoms with E-state index < -0.39 is 11.6 Å². The first-order chi connectivity index (χ1) is 14.5. The Bertz CT molecular complexity index is 1300. The highest BCUT2D eigenvalue weighted by Crippen LogP contribution is 2.31. The highest BCUT2D eigenvalue weighted by atomic mass is 16.4. The van der Waals surface area contributed by atoms with Gasteiger partial charge in [0.1, 0.15) is 11.3 Å². The van der Waals surface area contributed by atoms with Gasteiger partial charge in [-0.05, 0) is 46.9 Å². The minimum Gasteiger partial charge on any atom is -0.508 e. The number of phenolic OH excluding ortho intramolecular Hbond substituents is 1. The molecule has 0 amide bonds. The van der Waals surface area contributed by atoms with E-state index in [-0.39, 0.29) is 5.75 Å². The Balaban J connectivity index is 1.84. The number of hydrogen-bond acceptors (Lipinski definition) is 4. The molecule has 0 fully saturated rings. The largest absolute Gasteiger partial charge is 0.508 e. The van der Waals surface area contributed by atoms with Crippen molar-refractivity contribution >= 4 is 23.0 Å². The lowest BCUT2D eigenvalue weighted by Gasteiger charge is -2.12. The molecule has 5 heteroatoms. The number of aliphatic carboxylic acids is 1. The van der Waals surface area contributed by atoms with Crippen LogP contribution in [0.4, 0.5) is 0 Å². The van der Waals surface area contributed by atoms with E-state index in [9.17, 15) is 14.7 Å². The highest BCUT2D eigenvalue weighted by molar-refractivity contribution is 5.88. The molecule has 0 saturated carbocycles. The third-order valence-corrected chi connectivity index (χ3v) is 4.84. The van der Waals surface area contributed by atoms with Gasteiger partial charge in [-0.15, -0.1) is 0 Å². The van der Waals surface area contributed by atoms with Gasteiger partial charge in [0, 0.05) is 17.5 Å². The predicted octanol–water partition coefficient (Wildman–Crippen LogP) is 4.85. The van der Waals surface area contributed by atoms with Crippen LogP contribution in [0.1, 0.15) is 16.7 Å². The molecule has 148 valence electrons. The fraction of sp³-hybridized carbons (Fsp3) is 0.0400. The molecule has 3 aromatic carbocycles. The van der Waals surface area contributed by atoms with Crippen molar-refractivity contribution in [2.75, 3.05) is 0 Å². The Morgan fingerprint density at radius 1 is 0.967 bits per heavy atom. The number of carboxylic acid groups (broad SMARTS) is 1. The quantitative estimate of drug-likeness (QED) is 0.370. The Morgan fingerprint density at radius 2 is 1.70 bits per heavy atom. The molecule has 0 atom stereocenters. The van der Waals surface area contributed by atoms with E-state index in [1.807, 2.05) is 54.6 Å². The standard InChI is InChI=1S/C25H18O5/c26-19-11-12-20-21(14-17-8-6-16(7-9-17)10-13-23(27)28)24(18-4-2-1-3-5-18)25(29)30-22(20)15-19/h1-13,15,26H,14H2,(H,27,28). The van der Waals surface area contributed by atoms with E-state index in [2.05, 4.69) is 0 Å². The van der Waals surface area contributed by atoms with E-state index in [0.717, 1.165) is 33.7 Å². The summed E-state index contributed by atoms with van der Waals surface area (Å²) in [6.07, 6.45) is 3.09. The summed E-state index contributed by atoms with van der Waals surface area (Å²) < 4.78 is 5.50. The molecule has 5 nitrogen and oxygen atoms in total. The molecule has 0 aliphatic rings. The molecule has 30 heavy (non-hydrogen) atoms. The lowest BCUT2D eigenvalue weighted by molar-refractivity contribution is -0.131. The summed E-state index contributed by atoms with van der Waals surface area (Å²) in [6.45, 7) is 0. The van der Waals surface area contributed by atoms with Gasteiger partial charge >= 0.3 is 11.6 Å². The van der Waals surface area contributed by atoms with Gasteiger partial charge in [-0.25, -0.2) is 9.59 Å². The Hall–Kier alpha value is -4.12. The highest BCUT2D eigenvalue weighted by Gasteiger charge is 2.17. The minimum absolute atomic E-state index is 0.0265. The van der Waals surface area contributed by atoms with E-state index in [1.165, 1.54) is 12.1 Å². The third kappa shape index (κ3) is 4.00. The second-order valence-electron chi connectivity index (χ2n) is 6.88. The van der Waals surface area contributed by atoms with E-state index in [4.69, 9.17) is 9.52 Å². The Morgan fingerprint density at radius 3 is 2.40 bits per heavy atom. The fourth-order valence-corrected chi connectivity index (χ4v) is 3.45. The molecule has 0 bridgehead atoms. The fourth-order valence-electron chi connectivity index (χ4n) is 3.45. The summed E-state index contributed by atoms with van der Waals surface area (Å²) in [5, 5.41) is 19.3. The maximum Gasteiger partial charge on any atom is 0.344 e. The van der Waals surface area contributed by atoms with Crippen LogP contribution in [0.15, 0.2) is 88.1 Å². The van der Waals surface area contributed by atoms with E-state index in [0.29, 0.717) is 17.6 Å². The number of fused-ring (bicyclic) bond motifs is 1. The number of carbonyl (C=O) groups is 1. The molecule has 0 spiro atoms. The summed E-state index contributed by atoms with van der Waals surface area (Å²) in [6, 6.07) is 21.6. The van der Waals surface area contributed by atoms with Crippen molar-refractivity contribution in [3.8, 4) is 16.9 Å². The molecule has 4 rings (SSSR count). The van der Waals surface area contributed by atoms with E-state index in [1.54, 1.807) is 12.1 Å². The monoisotopic (exact) mass is 398 g/mol. The van der Waals surface area contributed by atoms with Gasteiger partial charge in [0.2, 0.25) is 0 Å². The molecule has 0 aliphatic heterocycles. The van der Waals surface area contributed by atoms with Crippen LogP contribution in [0.2, 0.25) is 0 Å². The van der Waals surface area contributed by atoms with Crippen LogP contribution in [0.3, 0.4) is 0 Å². The molecule has 2 N–H and O–H groups in total. The van der Waals surface area contributed by atoms with Crippen molar-refractivity contribution in [3.05, 3.63) is 106 Å². The smallest absolute Gasteiger partial charge is 0.344 e. The zero-order valence-corrected chi connectivity index (χ0v) is 15.9. The summed E-state index contributed by atoms with van der Waals surface area (Å²) in [5.41, 5.74) is 3.65. The summed E-state index contributed by atoms with van der Waals surface area (Å²) >= 11 is 0. The number of benzene rings is 3. The molecule has 0 aliphatic carbocycles. The second kappa shape index (κ2) is 8.09. The number of aromatic hydroxyl groups is 1. The van der Waals surface area contributed by atoms with Gasteiger partial charge in [0.05, 0.1) is 5.56 Å². The van der Waals surface area contributed by atoms with Crippen LogP contribution in [-0.4, -0.2) is 16.2 Å². The van der Waals surface area contributed by atoms with Crippen LogP contribution >= 0.6 is 0 Å². The van der Waals surface area contributed by atoms with Gasteiger partial charge < -0.3 is 14.6 Å². The van der Waals surface area contributed by atoms with Gasteiger partial charge in [-0.2, -0.15) is 0 Å². The molecule has 1 aromatic heterocycles. The van der Waals surface area contributed by atoms with Crippen molar-refractivity contribution in [3.63, 3.8) is 0 Å². The number of carboxylic acids is 1. The topological polar surface area (TPSA) is 87.7 Å². The lowest BCUT2D eigenvalue weighted by Crippen LogP contribution is -2.08. The average molecular weight is 398 g/mol. The first kappa shape index (κ1) is 19.2. The normalized spacial score (nSPS) is 11.2. The zero-order valence-electron chi connectivity index (χ0n) is 15.9. The maximum absolute atomic E-state index is 12.8. The van der Waals surface area contributed by atoms with Crippen molar-refractivity contribution in [1.82, 2.24) is 0 Å². The number of rotatable bonds is 5. The molecular formula is C25H18O5. The third-order valence-electron chi connectivity index (χ3n) is 4.84. The summed E-state index contributed by atoms with van der Waals surface area (Å²) in [7, 11) is 0. The van der Waals surface area contributed by atoms with Crippen molar-refractivity contribution in [1.29, 1.82) is 0 Å². The minimum atomic E-state index is -1.00. The average Bonchev–Trinajstić information content (AvgIpc) is 2.73. The first-order valence-electron chi connectivity index (χ1n) is 9.35. The zero-order chi connectivity index (χ0) is 21.1. The predicted molar refractivity (Wildman–Crippen MR) is 116 cm³/mol. The molecular weight excluding hydrogens is 380 g/mol. The molecule has 0 unspecified atom stereocenters. The molecule has 1 heterocycles. The van der Waals surface area contributed by atoms with Crippen LogP contribution in [0.25, 0.3) is 28.2 Å². The van der Waals surface area contributed by atoms with E-state index >= 15 is 0 Å². The molecule has 4 aromatic rings. The second-order valence-corrected chi connectivity index (χ2v) is 6.88. The van der Waals surface area contributed by atoms with Crippen LogP contribution in [0, 0.1) is 0 Å². The van der Waals surface area contributed by atoms with Gasteiger partial charge in [0.25, 0.3) is 0 Å². The van der Waals surface area contributed by atoms with Gasteiger partial charge in [-0.3, -0.25) is 0 Å². The van der Waals surface area contributed by atoms with Crippen molar-refractivity contribution in [2.45, 2.75) is 6.42 Å². The van der Waals surface area contributed by atoms with Gasteiger partial charge in [-0.1, -0.05) is 54.6 Å². The SMILES string of the molecule is O=C(O)C=Cc1ccc(Cc2c(-c3ccccc3)c(=O)oc3cc(O)ccc23)cc1. The molecule has 0 saturated heterocycles. The van der Waals surface area contributed by atoms with Crippen molar-refractivity contribution < 1.29 is 19.4 Å². The summed E-state index contributed by atoms with van der Waals surface area (Å²) in [5.74, 6) is -0.976. The Kier molecular flexibility index (Phi) is 5.18. The summed E-state index contributed by atoms with van der Waals surface area (Å²) in [4.78, 5) is 23.5. The van der Waals surface area contributed by atoms with Crippen molar-refractivity contribution in [2.24, 2.45) is 0 Å².